The number of nitrogens with zero attached hydrogens (tertiary/aromatic N) is 4. The summed E-state index contributed by atoms with van der Waals surface area (Å²) in [6.45, 7) is 5.85. The third-order valence-electron chi connectivity index (χ3n) is 5.88. The highest BCUT2D eigenvalue weighted by atomic mass is 16.5. The molecule has 1 spiro atoms. The Morgan fingerprint density at radius 3 is 2.71 bits per heavy atom. The Bertz CT molecular complexity index is 961. The van der Waals surface area contributed by atoms with E-state index >= 15 is 0 Å². The molecule has 7 heteroatoms. The van der Waals surface area contributed by atoms with Gasteiger partial charge in [-0.15, -0.1) is 0 Å². The number of benzene rings is 1. The number of rotatable bonds is 4. The lowest BCUT2D eigenvalue weighted by molar-refractivity contribution is -0.00129. The van der Waals surface area contributed by atoms with Crippen LogP contribution in [0.5, 0.6) is 0 Å². The summed E-state index contributed by atoms with van der Waals surface area (Å²) in [6, 6.07) is 12.2. The first-order valence-electron chi connectivity index (χ1n) is 9.51. The van der Waals surface area contributed by atoms with Crippen LogP contribution in [0.25, 0.3) is 0 Å². The molecule has 2 aliphatic rings. The van der Waals surface area contributed by atoms with Crippen molar-refractivity contribution in [3.63, 3.8) is 0 Å². The predicted octanol–water partition coefficient (Wildman–Crippen LogP) is 2.71. The molecular weight excluding hydrogens is 356 g/mol. The zero-order valence-corrected chi connectivity index (χ0v) is 15.7. The second kappa shape index (κ2) is 6.60. The van der Waals surface area contributed by atoms with Gasteiger partial charge in [0.1, 0.15) is 6.26 Å². The smallest absolute Gasteiger partial charge is 0.257 e. The van der Waals surface area contributed by atoms with Gasteiger partial charge in [-0.3, -0.25) is 9.69 Å². The highest BCUT2D eigenvalue weighted by Gasteiger charge is 2.57. The van der Waals surface area contributed by atoms with Crippen molar-refractivity contribution < 1.29 is 13.7 Å². The summed E-state index contributed by atoms with van der Waals surface area (Å²) in [5.41, 5.74) is 1.83. The van der Waals surface area contributed by atoms with Gasteiger partial charge in [0.25, 0.3) is 5.91 Å². The largest absolute Gasteiger partial charge is 0.472 e. The monoisotopic (exact) mass is 378 g/mol. The van der Waals surface area contributed by atoms with Gasteiger partial charge in [-0.1, -0.05) is 35.5 Å². The fraction of sp³-hybridized carbons (Fsp3) is 0.381. The number of furan rings is 1. The number of carbonyl (C=O) groups is 1. The topological polar surface area (TPSA) is 75.6 Å². The molecule has 1 unspecified atom stereocenters. The van der Waals surface area contributed by atoms with Crippen LogP contribution in [0.3, 0.4) is 0 Å². The third-order valence-corrected chi connectivity index (χ3v) is 5.88. The Kier molecular flexibility index (Phi) is 4.05. The van der Waals surface area contributed by atoms with Crippen LogP contribution in [0.4, 0.5) is 0 Å². The van der Waals surface area contributed by atoms with E-state index in [0.29, 0.717) is 30.4 Å². The summed E-state index contributed by atoms with van der Waals surface area (Å²) < 4.78 is 10.6. The van der Waals surface area contributed by atoms with Crippen molar-refractivity contribution in [2.45, 2.75) is 19.4 Å². The van der Waals surface area contributed by atoms with Crippen LogP contribution in [0.1, 0.15) is 33.6 Å². The SMILES string of the molecule is Cc1noc(C2CN(Cc3ccccc3)CC23CN(C(=O)c2ccoc2)C3)n1. The Balaban J connectivity index is 1.36. The van der Waals surface area contributed by atoms with Crippen LogP contribution in [0.2, 0.25) is 0 Å². The highest BCUT2D eigenvalue weighted by Crippen LogP contribution is 2.49. The molecular formula is C21H22N4O3. The maximum absolute atomic E-state index is 12.6. The predicted molar refractivity (Wildman–Crippen MR) is 101 cm³/mol. The lowest BCUT2D eigenvalue weighted by atomic mass is 9.71. The summed E-state index contributed by atoms with van der Waals surface area (Å²) in [6.07, 6.45) is 3.03. The summed E-state index contributed by atoms with van der Waals surface area (Å²) in [5, 5.41) is 3.99. The molecule has 0 radical (unpaired) electrons. The second-order valence-corrected chi connectivity index (χ2v) is 7.92. The van der Waals surface area contributed by atoms with Crippen molar-refractivity contribution >= 4 is 5.91 Å². The molecule has 5 rings (SSSR count). The second-order valence-electron chi connectivity index (χ2n) is 7.92. The summed E-state index contributed by atoms with van der Waals surface area (Å²) in [4.78, 5) is 21.5. The lowest BCUT2D eigenvalue weighted by Crippen LogP contribution is -2.61. The molecule has 2 fully saturated rings. The van der Waals surface area contributed by atoms with Gasteiger partial charge in [0.15, 0.2) is 5.82 Å². The van der Waals surface area contributed by atoms with Crippen LogP contribution >= 0.6 is 0 Å². The molecule has 0 aliphatic carbocycles. The van der Waals surface area contributed by atoms with Gasteiger partial charge in [0.2, 0.25) is 5.89 Å². The van der Waals surface area contributed by atoms with Crippen LogP contribution < -0.4 is 0 Å². The molecule has 7 nitrogen and oxygen atoms in total. The number of amides is 1. The Labute approximate surface area is 162 Å². The fourth-order valence-corrected chi connectivity index (χ4v) is 4.58. The first-order chi connectivity index (χ1) is 13.6. The maximum atomic E-state index is 12.6. The normalized spacial score (nSPS) is 21.2. The van der Waals surface area contributed by atoms with Crippen molar-refractivity contribution in [3.05, 3.63) is 71.8 Å². The van der Waals surface area contributed by atoms with Crippen LogP contribution in [0.15, 0.2) is 57.9 Å². The maximum Gasteiger partial charge on any atom is 0.257 e. The fourth-order valence-electron chi connectivity index (χ4n) is 4.58. The molecule has 144 valence electrons. The van der Waals surface area contributed by atoms with Gasteiger partial charge in [-0.2, -0.15) is 4.98 Å². The van der Waals surface area contributed by atoms with Crippen LogP contribution in [0, 0.1) is 12.3 Å². The van der Waals surface area contributed by atoms with Gasteiger partial charge in [0.05, 0.1) is 17.7 Å². The van der Waals surface area contributed by atoms with E-state index in [1.807, 2.05) is 17.9 Å². The van der Waals surface area contributed by atoms with Gasteiger partial charge in [-0.25, -0.2) is 0 Å². The van der Waals surface area contributed by atoms with Gasteiger partial charge in [0, 0.05) is 38.1 Å². The molecule has 2 aliphatic heterocycles. The lowest BCUT2D eigenvalue weighted by Gasteiger charge is -2.50. The molecule has 0 N–H and O–H groups in total. The van der Waals surface area contributed by atoms with E-state index in [1.54, 1.807) is 6.07 Å². The molecule has 2 aromatic heterocycles. The molecule has 3 aromatic rings. The summed E-state index contributed by atoms with van der Waals surface area (Å²) >= 11 is 0. The number of carbonyl (C=O) groups excluding carboxylic acids is 1. The van der Waals surface area contributed by atoms with E-state index < -0.39 is 0 Å². The zero-order chi connectivity index (χ0) is 19.1. The first-order valence-corrected chi connectivity index (χ1v) is 9.51. The Morgan fingerprint density at radius 1 is 1.21 bits per heavy atom. The molecule has 1 aromatic carbocycles. The standard InChI is InChI=1S/C21H22N4O3/c1-15-22-19(28-23-15)18-10-24(9-16-5-3-2-4-6-16)12-21(18)13-25(14-21)20(26)17-7-8-27-11-17/h2-8,11,18H,9-10,12-14H2,1H3. The molecule has 1 atom stereocenters. The zero-order valence-electron chi connectivity index (χ0n) is 15.7. The minimum Gasteiger partial charge on any atom is -0.472 e. The molecule has 0 bridgehead atoms. The molecule has 4 heterocycles. The minimum atomic E-state index is -0.0485. The molecule has 1 amide bonds. The number of hydrogen-bond acceptors (Lipinski definition) is 6. The van der Waals surface area contributed by atoms with Gasteiger partial charge in [-0.05, 0) is 18.6 Å². The Morgan fingerprint density at radius 2 is 2.04 bits per heavy atom. The quantitative estimate of drug-likeness (QED) is 0.695. The number of aryl methyl sites for hydroxylation is 1. The number of likely N-dealkylation sites (tertiary alicyclic amines) is 2. The van der Waals surface area contributed by atoms with E-state index in [2.05, 4.69) is 39.3 Å². The van der Waals surface area contributed by atoms with Gasteiger partial charge < -0.3 is 13.8 Å². The van der Waals surface area contributed by atoms with E-state index in [9.17, 15) is 4.79 Å². The van der Waals surface area contributed by atoms with Crippen molar-refractivity contribution in [3.8, 4) is 0 Å². The van der Waals surface area contributed by atoms with Gasteiger partial charge >= 0.3 is 0 Å². The number of aromatic nitrogens is 2. The molecule has 0 saturated carbocycles. The van der Waals surface area contributed by atoms with Crippen molar-refractivity contribution in [1.82, 2.24) is 19.9 Å². The average molecular weight is 378 g/mol. The van der Waals surface area contributed by atoms with Crippen LogP contribution in [-0.4, -0.2) is 52.0 Å². The van der Waals surface area contributed by atoms with Crippen molar-refractivity contribution in [2.24, 2.45) is 5.41 Å². The molecule has 28 heavy (non-hydrogen) atoms. The average Bonchev–Trinajstić information content (AvgIpc) is 3.40. The minimum absolute atomic E-state index is 0.0151. The van der Waals surface area contributed by atoms with E-state index in [0.717, 1.165) is 19.6 Å². The van der Waals surface area contributed by atoms with Crippen molar-refractivity contribution in [2.75, 3.05) is 26.2 Å². The summed E-state index contributed by atoms with van der Waals surface area (Å²) in [5.74, 6) is 1.48. The highest BCUT2D eigenvalue weighted by molar-refractivity contribution is 5.94. The van der Waals surface area contributed by atoms with E-state index in [-0.39, 0.29) is 17.2 Å². The number of hydrogen-bond donors (Lipinski definition) is 0. The van der Waals surface area contributed by atoms with E-state index in [1.165, 1.54) is 18.1 Å². The Hall–Kier alpha value is -2.93. The third kappa shape index (κ3) is 2.92. The van der Waals surface area contributed by atoms with Crippen molar-refractivity contribution in [1.29, 1.82) is 0 Å². The summed E-state index contributed by atoms with van der Waals surface area (Å²) in [7, 11) is 0. The van der Waals surface area contributed by atoms with Crippen LogP contribution in [-0.2, 0) is 6.54 Å². The van der Waals surface area contributed by atoms with E-state index in [4.69, 9.17) is 8.94 Å². The molecule has 2 saturated heterocycles. The first kappa shape index (κ1) is 17.2.